The summed E-state index contributed by atoms with van der Waals surface area (Å²) in [4.78, 5) is -0.486. The summed E-state index contributed by atoms with van der Waals surface area (Å²) in [5.41, 5.74) is 4.52. The lowest BCUT2D eigenvalue weighted by Crippen LogP contribution is -2.47. The average Bonchev–Trinajstić information content (AvgIpc) is 2.41. The molecule has 1 aliphatic rings. The summed E-state index contributed by atoms with van der Waals surface area (Å²) < 4.78 is 44.7. The zero-order chi connectivity index (χ0) is 15.7. The highest BCUT2D eigenvalue weighted by atomic mass is 32.2. The molecule has 1 saturated heterocycles. The van der Waals surface area contributed by atoms with Gasteiger partial charge in [0.2, 0.25) is 10.0 Å². The van der Waals surface area contributed by atoms with Crippen molar-refractivity contribution in [2.24, 2.45) is 0 Å². The van der Waals surface area contributed by atoms with Crippen LogP contribution in [0.25, 0.3) is 0 Å². The van der Waals surface area contributed by atoms with Crippen molar-refractivity contribution in [3.8, 4) is 0 Å². The first kappa shape index (κ1) is 16.2. The van der Waals surface area contributed by atoms with Crippen molar-refractivity contribution < 1.29 is 22.7 Å². The molecule has 21 heavy (non-hydrogen) atoms. The van der Waals surface area contributed by atoms with Crippen LogP contribution in [0, 0.1) is 5.82 Å². The van der Waals surface area contributed by atoms with E-state index in [9.17, 15) is 17.9 Å². The molecule has 3 N–H and O–H groups in total. The van der Waals surface area contributed by atoms with Gasteiger partial charge >= 0.3 is 0 Å². The molecule has 0 radical (unpaired) electrons. The number of hydrogen-bond acceptors (Lipinski definition) is 5. The molecule has 1 fully saturated rings. The average molecular weight is 318 g/mol. The van der Waals surface area contributed by atoms with Crippen LogP contribution in [0.1, 0.15) is 12.8 Å². The van der Waals surface area contributed by atoms with E-state index in [1.807, 2.05) is 0 Å². The predicted molar refractivity (Wildman–Crippen MR) is 75.6 cm³/mol. The Morgan fingerprint density at radius 1 is 1.43 bits per heavy atom. The summed E-state index contributed by atoms with van der Waals surface area (Å²) in [6.45, 7) is 0.626. The first-order valence-electron chi connectivity index (χ1n) is 6.56. The van der Waals surface area contributed by atoms with E-state index in [0.29, 0.717) is 26.1 Å². The van der Waals surface area contributed by atoms with Gasteiger partial charge in [-0.2, -0.15) is 4.31 Å². The molecule has 1 aliphatic heterocycles. The molecular formula is C13H19FN2O4S. The number of anilines is 1. The number of nitrogens with two attached hydrogens (primary N) is 1. The zero-order valence-electron chi connectivity index (χ0n) is 11.8. The van der Waals surface area contributed by atoms with Crippen LogP contribution >= 0.6 is 0 Å². The Bertz CT molecular complexity index is 615. The van der Waals surface area contributed by atoms with E-state index in [1.54, 1.807) is 0 Å². The fourth-order valence-corrected chi connectivity index (χ4v) is 3.64. The Balaban J connectivity index is 2.24. The van der Waals surface area contributed by atoms with E-state index in [4.69, 9.17) is 10.5 Å². The lowest BCUT2D eigenvalue weighted by atomic mass is 9.95. The number of rotatable bonds is 4. The minimum Gasteiger partial charge on any atom is -0.399 e. The molecule has 0 spiro atoms. The third-order valence-corrected chi connectivity index (χ3v) is 5.40. The maximum absolute atomic E-state index is 13.8. The quantitative estimate of drug-likeness (QED) is 0.792. The van der Waals surface area contributed by atoms with Gasteiger partial charge in [0.25, 0.3) is 0 Å². The number of ether oxygens (including phenoxy) is 1. The number of hydrogen-bond donors (Lipinski definition) is 2. The van der Waals surface area contributed by atoms with Crippen LogP contribution < -0.4 is 5.73 Å². The van der Waals surface area contributed by atoms with Crippen LogP contribution in [0.4, 0.5) is 10.1 Å². The molecule has 6 nitrogen and oxygen atoms in total. The summed E-state index contributed by atoms with van der Waals surface area (Å²) >= 11 is 0. The molecule has 0 aliphatic carbocycles. The number of sulfonamides is 1. The van der Waals surface area contributed by atoms with Crippen LogP contribution in [0.5, 0.6) is 0 Å². The summed E-state index contributed by atoms with van der Waals surface area (Å²) in [7, 11) is -2.74. The number of nitrogens with zero attached hydrogens (tertiary/aromatic N) is 1. The molecule has 0 amide bonds. The number of halogens is 1. The van der Waals surface area contributed by atoms with Gasteiger partial charge in [-0.1, -0.05) is 0 Å². The van der Waals surface area contributed by atoms with E-state index in [0.717, 1.165) is 16.4 Å². The standard InChI is InChI=1S/C13H19FN2O4S/c1-16(9-13(17)4-6-20-7-5-13)21(18,19)12-8-10(15)2-3-11(12)14/h2-3,8,17H,4-7,9,15H2,1H3. The molecule has 1 heterocycles. The maximum atomic E-state index is 13.8. The van der Waals surface area contributed by atoms with Crippen molar-refractivity contribution in [3.05, 3.63) is 24.0 Å². The van der Waals surface area contributed by atoms with Gasteiger partial charge in [0.05, 0.1) is 5.60 Å². The topological polar surface area (TPSA) is 92.9 Å². The van der Waals surface area contributed by atoms with Gasteiger partial charge in [-0.25, -0.2) is 12.8 Å². The number of likely N-dealkylation sites (N-methyl/N-ethyl adjacent to an activating group) is 1. The van der Waals surface area contributed by atoms with Gasteiger partial charge in [-0.3, -0.25) is 0 Å². The molecule has 1 aromatic rings. The van der Waals surface area contributed by atoms with Crippen LogP contribution in [0.3, 0.4) is 0 Å². The van der Waals surface area contributed by atoms with E-state index < -0.39 is 26.3 Å². The van der Waals surface area contributed by atoms with Gasteiger partial charge in [0.15, 0.2) is 0 Å². The van der Waals surface area contributed by atoms with Gasteiger partial charge in [-0.05, 0) is 18.2 Å². The Labute approximate surface area is 123 Å². The monoisotopic (exact) mass is 318 g/mol. The summed E-state index contributed by atoms with van der Waals surface area (Å²) in [6, 6.07) is 3.38. The highest BCUT2D eigenvalue weighted by Crippen LogP contribution is 2.26. The van der Waals surface area contributed by atoms with Crippen molar-refractivity contribution in [2.45, 2.75) is 23.3 Å². The first-order chi connectivity index (χ1) is 9.74. The van der Waals surface area contributed by atoms with Gasteiger partial charge in [0, 0.05) is 45.3 Å². The Hall–Kier alpha value is -1.22. The Morgan fingerprint density at radius 2 is 2.05 bits per heavy atom. The summed E-state index contributed by atoms with van der Waals surface area (Å²) in [5, 5.41) is 10.4. The SMILES string of the molecule is CN(CC1(O)CCOCC1)S(=O)(=O)c1cc(N)ccc1F. The molecule has 118 valence electrons. The summed E-state index contributed by atoms with van der Waals surface area (Å²) in [5.74, 6) is -0.866. The number of aliphatic hydroxyl groups is 1. The third-order valence-electron chi connectivity index (χ3n) is 3.58. The molecule has 0 aromatic heterocycles. The normalized spacial score (nSPS) is 18.9. The maximum Gasteiger partial charge on any atom is 0.245 e. The Kier molecular flexibility index (Phi) is 4.52. The van der Waals surface area contributed by atoms with Crippen LogP contribution in [0.2, 0.25) is 0 Å². The fraction of sp³-hybridized carbons (Fsp3) is 0.538. The molecule has 2 rings (SSSR count). The highest BCUT2D eigenvalue weighted by molar-refractivity contribution is 7.89. The van der Waals surface area contributed by atoms with Crippen LogP contribution in [-0.2, 0) is 14.8 Å². The molecule has 0 unspecified atom stereocenters. The van der Waals surface area contributed by atoms with E-state index in [-0.39, 0.29) is 12.2 Å². The number of nitrogen functional groups attached to an aromatic ring is 1. The highest BCUT2D eigenvalue weighted by Gasteiger charge is 2.35. The van der Waals surface area contributed by atoms with Gasteiger partial charge < -0.3 is 15.6 Å². The second-order valence-electron chi connectivity index (χ2n) is 5.29. The molecule has 8 heteroatoms. The molecular weight excluding hydrogens is 299 g/mol. The minimum absolute atomic E-state index is 0.118. The molecule has 1 aromatic carbocycles. The van der Waals surface area contributed by atoms with Crippen molar-refractivity contribution >= 4 is 15.7 Å². The smallest absolute Gasteiger partial charge is 0.245 e. The van der Waals surface area contributed by atoms with E-state index >= 15 is 0 Å². The second-order valence-corrected chi connectivity index (χ2v) is 7.30. The summed E-state index contributed by atoms with van der Waals surface area (Å²) in [6.07, 6.45) is 0.679. The largest absolute Gasteiger partial charge is 0.399 e. The lowest BCUT2D eigenvalue weighted by Gasteiger charge is -2.35. The van der Waals surface area contributed by atoms with Crippen LogP contribution in [0.15, 0.2) is 23.1 Å². The minimum atomic E-state index is -4.05. The van der Waals surface area contributed by atoms with Crippen molar-refractivity contribution in [1.82, 2.24) is 4.31 Å². The molecule has 0 bridgehead atoms. The predicted octanol–water partition coefficient (Wildman–Crippen LogP) is 0.570. The third kappa shape index (κ3) is 3.52. The Morgan fingerprint density at radius 3 is 2.67 bits per heavy atom. The number of benzene rings is 1. The van der Waals surface area contributed by atoms with Crippen molar-refractivity contribution in [3.63, 3.8) is 0 Å². The lowest BCUT2D eigenvalue weighted by molar-refractivity contribution is -0.0689. The van der Waals surface area contributed by atoms with Crippen molar-refractivity contribution in [1.29, 1.82) is 0 Å². The molecule has 0 atom stereocenters. The van der Waals surface area contributed by atoms with E-state index in [2.05, 4.69) is 0 Å². The fourth-order valence-electron chi connectivity index (χ4n) is 2.29. The second kappa shape index (κ2) is 5.88. The zero-order valence-corrected chi connectivity index (χ0v) is 12.6. The van der Waals surface area contributed by atoms with Gasteiger partial charge in [0.1, 0.15) is 10.7 Å². The van der Waals surface area contributed by atoms with Crippen LogP contribution in [-0.4, -0.2) is 50.2 Å². The van der Waals surface area contributed by atoms with E-state index in [1.165, 1.54) is 13.1 Å². The van der Waals surface area contributed by atoms with Crippen molar-refractivity contribution in [2.75, 3.05) is 32.5 Å². The first-order valence-corrected chi connectivity index (χ1v) is 8.00. The molecule has 0 saturated carbocycles. The van der Waals surface area contributed by atoms with Gasteiger partial charge in [-0.15, -0.1) is 0 Å².